The maximum absolute atomic E-state index is 11.5. The van der Waals surface area contributed by atoms with Crippen LogP contribution in [0.5, 0.6) is 0 Å². The first-order chi connectivity index (χ1) is 7.86. The summed E-state index contributed by atoms with van der Waals surface area (Å²) in [5.41, 5.74) is 0.624. The van der Waals surface area contributed by atoms with Gasteiger partial charge in [-0.3, -0.25) is 0 Å². The second-order valence-electron chi connectivity index (χ2n) is 3.02. The van der Waals surface area contributed by atoms with E-state index >= 15 is 0 Å². The van der Waals surface area contributed by atoms with Gasteiger partial charge in [0.25, 0.3) is 0 Å². The summed E-state index contributed by atoms with van der Waals surface area (Å²) in [7, 11) is 0. The normalized spacial score (nSPS) is 10.0. The predicted molar refractivity (Wildman–Crippen MR) is 66.9 cm³/mol. The molecule has 0 saturated carbocycles. The fraction of sp³-hybridized carbons (Fsp3) is 0.0833. The molecule has 2 rings (SSSR count). The highest BCUT2D eigenvalue weighted by molar-refractivity contribution is 7.99. The van der Waals surface area contributed by atoms with E-state index in [1.165, 1.54) is 23.1 Å². The van der Waals surface area contributed by atoms with E-state index < -0.39 is 0 Å². The summed E-state index contributed by atoms with van der Waals surface area (Å²) in [6.45, 7) is 0. The molecule has 1 aromatic heterocycles. The van der Waals surface area contributed by atoms with E-state index in [-0.39, 0.29) is 5.97 Å². The van der Waals surface area contributed by atoms with Crippen molar-refractivity contribution in [2.24, 2.45) is 0 Å². The van der Waals surface area contributed by atoms with Gasteiger partial charge in [-0.05, 0) is 23.6 Å². The molecule has 0 saturated heterocycles. The molecule has 2 aromatic rings. The van der Waals surface area contributed by atoms with E-state index in [1.54, 1.807) is 11.4 Å². The summed E-state index contributed by atoms with van der Waals surface area (Å²) in [5.74, 6) is 0.0864. The molecule has 1 aromatic carbocycles. The Morgan fingerprint density at radius 2 is 2.06 bits per heavy atom. The quantitative estimate of drug-likeness (QED) is 0.470. The zero-order valence-corrected chi connectivity index (χ0v) is 10.1. The van der Waals surface area contributed by atoms with E-state index in [9.17, 15) is 4.79 Å². The number of esters is 1. The van der Waals surface area contributed by atoms with Crippen molar-refractivity contribution in [1.29, 1.82) is 0 Å². The Balaban J connectivity index is 1.79. The van der Waals surface area contributed by atoms with Crippen LogP contribution in [0.3, 0.4) is 0 Å². The lowest BCUT2D eigenvalue weighted by Crippen LogP contribution is -2.02. The molecule has 2 nitrogen and oxygen atoms in total. The molecule has 0 N–H and O–H groups in total. The summed E-state index contributed by atoms with van der Waals surface area (Å²) in [6.07, 6.45) is 0. The third-order valence-electron chi connectivity index (χ3n) is 1.92. The second-order valence-corrected chi connectivity index (χ2v) is 4.79. The van der Waals surface area contributed by atoms with Gasteiger partial charge in [0, 0.05) is 10.3 Å². The molecule has 0 radical (unpaired) electrons. The Hall–Kier alpha value is -1.26. The largest absolute Gasteiger partial charge is 0.451 e. The van der Waals surface area contributed by atoms with Gasteiger partial charge in [0.1, 0.15) is 5.94 Å². The Kier molecular flexibility index (Phi) is 4.02. The zero-order valence-electron chi connectivity index (χ0n) is 8.46. The van der Waals surface area contributed by atoms with E-state index in [1.807, 2.05) is 35.7 Å². The molecule has 0 amide bonds. The van der Waals surface area contributed by atoms with Crippen molar-refractivity contribution < 1.29 is 9.53 Å². The number of rotatable bonds is 4. The van der Waals surface area contributed by atoms with Crippen molar-refractivity contribution >= 4 is 29.1 Å². The van der Waals surface area contributed by atoms with Crippen molar-refractivity contribution in [3.05, 3.63) is 52.7 Å². The van der Waals surface area contributed by atoms with Crippen LogP contribution in [0.4, 0.5) is 0 Å². The van der Waals surface area contributed by atoms with Crippen molar-refractivity contribution in [1.82, 2.24) is 0 Å². The van der Waals surface area contributed by atoms with Crippen molar-refractivity contribution in [2.75, 3.05) is 5.94 Å². The SMILES string of the molecule is O=C(OCSc1ccccc1)c1ccsc1. The lowest BCUT2D eigenvalue weighted by atomic mass is 10.4. The van der Waals surface area contributed by atoms with Crippen LogP contribution in [0.15, 0.2) is 52.1 Å². The highest BCUT2D eigenvalue weighted by Gasteiger charge is 2.06. The molecule has 0 bridgehead atoms. The van der Waals surface area contributed by atoms with Gasteiger partial charge >= 0.3 is 5.97 Å². The average molecular weight is 250 g/mol. The number of ether oxygens (including phenoxy) is 1. The number of thioether (sulfide) groups is 1. The third-order valence-corrected chi connectivity index (χ3v) is 3.44. The van der Waals surface area contributed by atoms with E-state index in [2.05, 4.69) is 0 Å². The van der Waals surface area contributed by atoms with Crippen LogP contribution in [-0.4, -0.2) is 11.9 Å². The van der Waals surface area contributed by atoms with Gasteiger partial charge in [0.2, 0.25) is 0 Å². The van der Waals surface area contributed by atoms with E-state index in [4.69, 9.17) is 4.74 Å². The summed E-state index contributed by atoms with van der Waals surface area (Å²) >= 11 is 3.00. The number of benzene rings is 1. The Labute approximate surface area is 102 Å². The van der Waals surface area contributed by atoms with Crippen LogP contribution in [0, 0.1) is 0 Å². The molecule has 16 heavy (non-hydrogen) atoms. The summed E-state index contributed by atoms with van der Waals surface area (Å²) < 4.78 is 5.12. The van der Waals surface area contributed by atoms with Gasteiger partial charge in [0.15, 0.2) is 0 Å². The van der Waals surface area contributed by atoms with Gasteiger partial charge in [-0.15, -0.1) is 0 Å². The number of thiophene rings is 1. The van der Waals surface area contributed by atoms with Crippen LogP contribution in [0.2, 0.25) is 0 Å². The first-order valence-corrected chi connectivity index (χ1v) is 6.66. The molecule has 4 heteroatoms. The molecule has 0 aliphatic heterocycles. The van der Waals surface area contributed by atoms with Gasteiger partial charge in [0.05, 0.1) is 5.56 Å². The summed E-state index contributed by atoms with van der Waals surface area (Å²) in [6, 6.07) is 11.6. The molecule has 82 valence electrons. The van der Waals surface area contributed by atoms with Gasteiger partial charge in [-0.25, -0.2) is 4.79 Å². The molecule has 1 heterocycles. The maximum Gasteiger partial charge on any atom is 0.339 e. The standard InChI is InChI=1S/C12H10O2S2/c13-12(10-6-7-15-8-10)14-9-16-11-4-2-1-3-5-11/h1-8H,9H2. The van der Waals surface area contributed by atoms with Crippen LogP contribution in [-0.2, 0) is 4.74 Å². The van der Waals surface area contributed by atoms with E-state index in [0.29, 0.717) is 11.5 Å². The van der Waals surface area contributed by atoms with Crippen molar-refractivity contribution in [3.63, 3.8) is 0 Å². The maximum atomic E-state index is 11.5. The molecule has 0 unspecified atom stereocenters. The monoisotopic (exact) mass is 250 g/mol. The summed E-state index contributed by atoms with van der Waals surface area (Å²) in [5, 5.41) is 3.65. The van der Waals surface area contributed by atoms with Gasteiger partial charge in [-0.1, -0.05) is 30.0 Å². The highest BCUT2D eigenvalue weighted by Crippen LogP contribution is 2.17. The fourth-order valence-electron chi connectivity index (χ4n) is 1.13. The minimum absolute atomic E-state index is 0.260. The minimum atomic E-state index is -0.260. The summed E-state index contributed by atoms with van der Waals surface area (Å²) in [4.78, 5) is 12.6. The number of carbonyl (C=O) groups excluding carboxylic acids is 1. The second kappa shape index (κ2) is 5.72. The molecule has 0 fully saturated rings. The van der Waals surface area contributed by atoms with Crippen LogP contribution < -0.4 is 0 Å². The lowest BCUT2D eigenvalue weighted by Gasteiger charge is -2.02. The molecule has 0 atom stereocenters. The lowest BCUT2D eigenvalue weighted by molar-refractivity contribution is 0.0580. The Morgan fingerprint density at radius 3 is 2.75 bits per heavy atom. The minimum Gasteiger partial charge on any atom is -0.451 e. The van der Waals surface area contributed by atoms with Gasteiger partial charge in [-0.2, -0.15) is 11.3 Å². The molecule has 0 aliphatic carbocycles. The van der Waals surface area contributed by atoms with Crippen LogP contribution in [0.1, 0.15) is 10.4 Å². The molecular formula is C12H10O2S2. The van der Waals surface area contributed by atoms with Crippen LogP contribution >= 0.6 is 23.1 Å². The zero-order chi connectivity index (χ0) is 11.2. The Morgan fingerprint density at radius 1 is 1.25 bits per heavy atom. The number of carbonyl (C=O) groups is 1. The molecular weight excluding hydrogens is 240 g/mol. The van der Waals surface area contributed by atoms with E-state index in [0.717, 1.165) is 4.90 Å². The highest BCUT2D eigenvalue weighted by atomic mass is 32.2. The molecule has 0 aliphatic rings. The van der Waals surface area contributed by atoms with Crippen molar-refractivity contribution in [2.45, 2.75) is 4.90 Å². The smallest absolute Gasteiger partial charge is 0.339 e. The number of hydrogen-bond donors (Lipinski definition) is 0. The first kappa shape index (κ1) is 11.2. The molecule has 0 spiro atoms. The predicted octanol–water partition coefficient (Wildman–Crippen LogP) is 3.65. The van der Waals surface area contributed by atoms with Gasteiger partial charge < -0.3 is 4.74 Å². The Bertz CT molecular complexity index is 437. The van der Waals surface area contributed by atoms with Crippen LogP contribution in [0.25, 0.3) is 0 Å². The topological polar surface area (TPSA) is 26.3 Å². The van der Waals surface area contributed by atoms with Crippen molar-refractivity contribution in [3.8, 4) is 0 Å². The first-order valence-electron chi connectivity index (χ1n) is 4.73. The number of hydrogen-bond acceptors (Lipinski definition) is 4. The average Bonchev–Trinajstić information content (AvgIpc) is 2.84. The fourth-order valence-corrected chi connectivity index (χ4v) is 2.41. The third kappa shape index (κ3) is 3.12.